The van der Waals surface area contributed by atoms with Crippen LogP contribution in [0.15, 0.2) is 72.8 Å². The van der Waals surface area contributed by atoms with E-state index < -0.39 is 0 Å². The number of nitrogens with two attached hydrogens (primary N) is 1. The van der Waals surface area contributed by atoms with Crippen molar-refractivity contribution in [3.63, 3.8) is 0 Å². The Hall–Kier alpha value is -2.58. The lowest BCUT2D eigenvalue weighted by Gasteiger charge is -2.13. The number of nitrogens with zero attached hydrogens (tertiary/aromatic N) is 1. The van der Waals surface area contributed by atoms with Gasteiger partial charge in [-0.25, -0.2) is 0 Å². The number of fused-ring (bicyclic) bond motifs is 3. The first-order valence-electron chi connectivity index (χ1n) is 9.13. The Labute approximate surface area is 148 Å². The molecule has 0 radical (unpaired) electrons. The number of para-hydroxylation sites is 2. The lowest BCUT2D eigenvalue weighted by molar-refractivity contribution is 0.603. The summed E-state index contributed by atoms with van der Waals surface area (Å²) in [5.74, 6) is 0. The summed E-state index contributed by atoms with van der Waals surface area (Å²) in [7, 11) is 0. The van der Waals surface area contributed by atoms with E-state index in [9.17, 15) is 0 Å². The highest BCUT2D eigenvalue weighted by Crippen LogP contribution is 2.32. The quantitative estimate of drug-likeness (QED) is 0.480. The van der Waals surface area contributed by atoms with Gasteiger partial charge in [0.25, 0.3) is 0 Å². The van der Waals surface area contributed by atoms with Gasteiger partial charge in [0.1, 0.15) is 0 Å². The molecule has 0 saturated carbocycles. The normalized spacial score (nSPS) is 12.7. The van der Waals surface area contributed by atoms with Crippen molar-refractivity contribution in [1.29, 1.82) is 0 Å². The van der Waals surface area contributed by atoms with Gasteiger partial charge < -0.3 is 10.3 Å². The minimum absolute atomic E-state index is 0.132. The van der Waals surface area contributed by atoms with Crippen LogP contribution in [0, 0.1) is 0 Å². The molecule has 1 unspecified atom stereocenters. The van der Waals surface area contributed by atoms with Crippen molar-refractivity contribution in [2.45, 2.75) is 32.2 Å². The zero-order chi connectivity index (χ0) is 17.2. The van der Waals surface area contributed by atoms with Crippen molar-refractivity contribution in [3.05, 3.63) is 78.4 Å². The summed E-state index contributed by atoms with van der Waals surface area (Å²) < 4.78 is 2.34. The van der Waals surface area contributed by atoms with Gasteiger partial charge in [0.2, 0.25) is 0 Å². The molecule has 0 bridgehead atoms. The van der Waals surface area contributed by atoms with Crippen LogP contribution >= 0.6 is 0 Å². The largest absolute Gasteiger partial charge is 0.324 e. The van der Waals surface area contributed by atoms with Crippen LogP contribution < -0.4 is 5.73 Å². The minimum Gasteiger partial charge on any atom is -0.324 e. The maximum atomic E-state index is 6.32. The second-order valence-electron chi connectivity index (χ2n) is 6.71. The second kappa shape index (κ2) is 6.73. The van der Waals surface area contributed by atoms with Crippen molar-refractivity contribution in [2.75, 3.05) is 0 Å². The first-order valence-corrected chi connectivity index (χ1v) is 9.13. The lowest BCUT2D eigenvalue weighted by atomic mass is 10.0. The van der Waals surface area contributed by atoms with E-state index in [1.807, 2.05) is 0 Å². The van der Waals surface area contributed by atoms with Crippen molar-refractivity contribution in [1.82, 2.24) is 4.57 Å². The number of rotatable bonds is 5. The molecule has 0 aliphatic carbocycles. The summed E-state index contributed by atoms with van der Waals surface area (Å²) in [5.41, 5.74) is 11.2. The van der Waals surface area contributed by atoms with Crippen molar-refractivity contribution in [2.24, 2.45) is 5.73 Å². The average molecular weight is 328 g/mol. The summed E-state index contributed by atoms with van der Waals surface area (Å²) in [6, 6.07) is 26.1. The summed E-state index contributed by atoms with van der Waals surface area (Å²) in [6.07, 6.45) is 3.41. The average Bonchev–Trinajstić information content (AvgIpc) is 3.01. The van der Waals surface area contributed by atoms with Gasteiger partial charge in [0.15, 0.2) is 0 Å². The molecule has 25 heavy (non-hydrogen) atoms. The summed E-state index contributed by atoms with van der Waals surface area (Å²) in [5, 5.41) is 2.59. The smallest absolute Gasteiger partial charge is 0.0541 e. The van der Waals surface area contributed by atoms with Crippen LogP contribution in [0.1, 0.15) is 37.8 Å². The van der Waals surface area contributed by atoms with E-state index >= 15 is 0 Å². The van der Waals surface area contributed by atoms with E-state index in [-0.39, 0.29) is 6.04 Å². The van der Waals surface area contributed by atoms with Gasteiger partial charge >= 0.3 is 0 Å². The highest BCUT2D eigenvalue weighted by molar-refractivity contribution is 6.09. The van der Waals surface area contributed by atoms with Crippen molar-refractivity contribution >= 4 is 21.8 Å². The molecule has 2 N–H and O–H groups in total. The Morgan fingerprint density at radius 1 is 0.800 bits per heavy atom. The number of unbranched alkanes of at least 4 members (excludes halogenated alkanes) is 1. The predicted octanol–water partition coefficient (Wildman–Crippen LogP) is 5.97. The van der Waals surface area contributed by atoms with Crippen LogP contribution in [-0.2, 0) is 0 Å². The monoisotopic (exact) mass is 328 g/mol. The summed E-state index contributed by atoms with van der Waals surface area (Å²) >= 11 is 0. The van der Waals surface area contributed by atoms with Crippen LogP contribution in [0.2, 0.25) is 0 Å². The summed E-state index contributed by atoms with van der Waals surface area (Å²) in [4.78, 5) is 0. The molecule has 2 nitrogen and oxygen atoms in total. The molecule has 4 rings (SSSR count). The third-order valence-electron chi connectivity index (χ3n) is 5.03. The Balaban J connectivity index is 1.81. The molecule has 0 aliphatic heterocycles. The first-order chi connectivity index (χ1) is 12.3. The van der Waals surface area contributed by atoms with Crippen LogP contribution in [0.3, 0.4) is 0 Å². The summed E-state index contributed by atoms with van der Waals surface area (Å²) in [6.45, 7) is 2.21. The third-order valence-corrected chi connectivity index (χ3v) is 5.03. The Kier molecular flexibility index (Phi) is 4.29. The molecule has 1 atom stereocenters. The molecule has 3 aromatic carbocycles. The van der Waals surface area contributed by atoms with Crippen LogP contribution in [0.4, 0.5) is 0 Å². The van der Waals surface area contributed by atoms with E-state index in [0.717, 1.165) is 6.42 Å². The van der Waals surface area contributed by atoms with Gasteiger partial charge in [-0.1, -0.05) is 68.3 Å². The van der Waals surface area contributed by atoms with E-state index in [2.05, 4.69) is 84.3 Å². The number of aromatic nitrogens is 1. The lowest BCUT2D eigenvalue weighted by Crippen LogP contribution is -2.10. The zero-order valence-electron chi connectivity index (χ0n) is 14.7. The van der Waals surface area contributed by atoms with Gasteiger partial charge in [0.05, 0.1) is 11.0 Å². The standard InChI is InChI=1S/C23H24N2/c1-2-3-10-21(24)17-13-15-18(16-14-17)25-22-11-6-4-8-19(22)20-9-5-7-12-23(20)25/h4-9,11-16,21H,2-3,10,24H2,1H3. The topological polar surface area (TPSA) is 30.9 Å². The maximum Gasteiger partial charge on any atom is 0.0541 e. The molecule has 126 valence electrons. The maximum absolute atomic E-state index is 6.32. The SMILES string of the molecule is CCCCC(N)c1ccc(-n2c3ccccc3c3ccccc32)cc1. The van der Waals surface area contributed by atoms with Crippen LogP contribution in [0.5, 0.6) is 0 Å². The molecular weight excluding hydrogens is 304 g/mol. The Morgan fingerprint density at radius 2 is 1.36 bits per heavy atom. The zero-order valence-corrected chi connectivity index (χ0v) is 14.7. The molecule has 1 heterocycles. The molecule has 0 aliphatic rings. The second-order valence-corrected chi connectivity index (χ2v) is 6.71. The first kappa shape index (κ1) is 15.9. The molecule has 0 amide bonds. The molecule has 2 heteroatoms. The van der Waals surface area contributed by atoms with Crippen molar-refractivity contribution < 1.29 is 0 Å². The van der Waals surface area contributed by atoms with Crippen LogP contribution in [-0.4, -0.2) is 4.57 Å². The molecule has 0 saturated heterocycles. The van der Waals surface area contributed by atoms with Gasteiger partial charge in [0, 0.05) is 22.5 Å². The fraction of sp³-hybridized carbons (Fsp3) is 0.217. The molecule has 0 fully saturated rings. The van der Waals surface area contributed by atoms with Crippen molar-refractivity contribution in [3.8, 4) is 5.69 Å². The molecule has 1 aromatic heterocycles. The van der Waals surface area contributed by atoms with Gasteiger partial charge in [-0.15, -0.1) is 0 Å². The molecule has 4 aromatic rings. The number of hydrogen-bond acceptors (Lipinski definition) is 1. The van der Waals surface area contributed by atoms with E-state index in [0.29, 0.717) is 0 Å². The predicted molar refractivity (Wildman–Crippen MR) is 107 cm³/mol. The minimum atomic E-state index is 0.132. The highest BCUT2D eigenvalue weighted by atomic mass is 15.0. The fourth-order valence-corrected chi connectivity index (χ4v) is 3.66. The molecular formula is C23H24N2. The number of hydrogen-bond donors (Lipinski definition) is 1. The third kappa shape index (κ3) is 2.83. The Bertz CT molecular complexity index is 942. The van der Waals surface area contributed by atoms with Gasteiger partial charge in [-0.3, -0.25) is 0 Å². The Morgan fingerprint density at radius 3 is 1.92 bits per heavy atom. The fourth-order valence-electron chi connectivity index (χ4n) is 3.66. The van der Waals surface area contributed by atoms with E-state index in [4.69, 9.17) is 5.73 Å². The van der Waals surface area contributed by atoms with Gasteiger partial charge in [-0.2, -0.15) is 0 Å². The van der Waals surface area contributed by atoms with Crippen LogP contribution in [0.25, 0.3) is 27.5 Å². The number of benzene rings is 3. The highest BCUT2D eigenvalue weighted by Gasteiger charge is 2.12. The molecule has 0 spiro atoms. The van der Waals surface area contributed by atoms with E-state index in [1.165, 1.54) is 45.9 Å². The van der Waals surface area contributed by atoms with Gasteiger partial charge in [-0.05, 0) is 36.2 Å². The van der Waals surface area contributed by atoms with E-state index in [1.54, 1.807) is 0 Å².